The molecule has 1 aromatic carbocycles. The zero-order valence-electron chi connectivity index (χ0n) is 9.94. The number of aryl methyl sites for hydroxylation is 1. The number of fused-ring (bicyclic) bond motifs is 1. The van der Waals surface area contributed by atoms with Crippen molar-refractivity contribution >= 4 is 12.2 Å². The second-order valence-corrected chi connectivity index (χ2v) is 5.04. The molecule has 1 atom stereocenters. The zero-order valence-corrected chi connectivity index (χ0v) is 10.8. The summed E-state index contributed by atoms with van der Waals surface area (Å²) in [6.07, 6.45) is 4.25. The van der Waals surface area contributed by atoms with Crippen LogP contribution in [0.2, 0.25) is 0 Å². The zero-order chi connectivity index (χ0) is 11.8. The van der Waals surface area contributed by atoms with E-state index >= 15 is 0 Å². The van der Waals surface area contributed by atoms with Crippen molar-refractivity contribution in [2.45, 2.75) is 32.2 Å². The molecule has 0 saturated heterocycles. The van der Waals surface area contributed by atoms with Crippen LogP contribution in [-0.4, -0.2) is 9.55 Å². The Kier molecular flexibility index (Phi) is 2.63. The Morgan fingerprint density at radius 1 is 1.41 bits per heavy atom. The highest BCUT2D eigenvalue weighted by molar-refractivity contribution is 7.71. The van der Waals surface area contributed by atoms with E-state index in [4.69, 9.17) is 12.2 Å². The van der Waals surface area contributed by atoms with E-state index < -0.39 is 0 Å². The van der Waals surface area contributed by atoms with Gasteiger partial charge >= 0.3 is 0 Å². The Balaban J connectivity index is 1.86. The third-order valence-corrected chi connectivity index (χ3v) is 4.02. The number of aromatic nitrogens is 2. The first-order chi connectivity index (χ1) is 8.29. The summed E-state index contributed by atoms with van der Waals surface area (Å²) in [6.45, 7) is 3.19. The van der Waals surface area contributed by atoms with E-state index in [2.05, 4.69) is 40.7 Å². The third-order valence-electron chi connectivity index (χ3n) is 3.68. The van der Waals surface area contributed by atoms with Crippen molar-refractivity contribution in [2.75, 3.05) is 0 Å². The first kappa shape index (κ1) is 10.8. The number of H-pyrrole nitrogens is 1. The Labute approximate surface area is 106 Å². The minimum atomic E-state index is 0.638. The maximum atomic E-state index is 5.34. The summed E-state index contributed by atoms with van der Waals surface area (Å²) in [5.41, 5.74) is 4.30. The van der Waals surface area contributed by atoms with Gasteiger partial charge in [0.15, 0.2) is 4.77 Å². The number of rotatable bonds is 3. The van der Waals surface area contributed by atoms with Gasteiger partial charge < -0.3 is 9.55 Å². The summed E-state index contributed by atoms with van der Waals surface area (Å²) in [6, 6.07) is 8.71. The summed E-state index contributed by atoms with van der Waals surface area (Å²) < 4.78 is 3.10. The second-order valence-electron chi connectivity index (χ2n) is 4.65. The van der Waals surface area contributed by atoms with Gasteiger partial charge in [-0.1, -0.05) is 31.2 Å². The van der Waals surface area contributed by atoms with Gasteiger partial charge in [-0.3, -0.25) is 0 Å². The molecule has 0 aliphatic heterocycles. The van der Waals surface area contributed by atoms with E-state index in [1.165, 1.54) is 23.2 Å². The predicted octanol–water partition coefficient (Wildman–Crippen LogP) is 3.45. The number of benzene rings is 1. The number of nitrogens with zero attached hydrogens (tertiary/aromatic N) is 1. The molecule has 1 aliphatic rings. The van der Waals surface area contributed by atoms with Crippen molar-refractivity contribution in [2.24, 2.45) is 0 Å². The van der Waals surface area contributed by atoms with Crippen molar-refractivity contribution in [3.8, 4) is 0 Å². The van der Waals surface area contributed by atoms with Crippen molar-refractivity contribution in [1.82, 2.24) is 9.55 Å². The van der Waals surface area contributed by atoms with Crippen LogP contribution in [0.1, 0.15) is 29.7 Å². The Morgan fingerprint density at radius 2 is 2.24 bits per heavy atom. The van der Waals surface area contributed by atoms with E-state index in [9.17, 15) is 0 Å². The van der Waals surface area contributed by atoms with Crippen molar-refractivity contribution < 1.29 is 0 Å². The fourth-order valence-electron chi connectivity index (χ4n) is 2.67. The predicted molar refractivity (Wildman–Crippen MR) is 71.9 cm³/mol. The molecule has 1 aromatic heterocycles. The average Bonchev–Trinajstić information content (AvgIpc) is 2.67. The molecule has 1 aliphatic carbocycles. The topological polar surface area (TPSA) is 20.7 Å². The van der Waals surface area contributed by atoms with Crippen LogP contribution in [0.25, 0.3) is 0 Å². The molecule has 1 heterocycles. The van der Waals surface area contributed by atoms with Crippen LogP contribution in [0.4, 0.5) is 0 Å². The summed E-state index contributed by atoms with van der Waals surface area (Å²) in [5.74, 6) is 0.638. The normalized spacial score (nSPS) is 17.6. The van der Waals surface area contributed by atoms with E-state index in [1.54, 1.807) is 0 Å². The van der Waals surface area contributed by atoms with Crippen LogP contribution in [0.15, 0.2) is 30.5 Å². The molecule has 3 rings (SSSR count). The fraction of sp³-hybridized carbons (Fsp3) is 0.357. The molecule has 0 bridgehead atoms. The molecule has 88 valence electrons. The minimum absolute atomic E-state index is 0.638. The molecule has 0 radical (unpaired) electrons. The first-order valence-corrected chi connectivity index (χ1v) is 6.55. The highest BCUT2D eigenvalue weighted by atomic mass is 32.1. The van der Waals surface area contributed by atoms with Crippen LogP contribution >= 0.6 is 12.2 Å². The summed E-state index contributed by atoms with van der Waals surface area (Å²) in [7, 11) is 0. The molecule has 3 heteroatoms. The van der Waals surface area contributed by atoms with Crippen LogP contribution < -0.4 is 0 Å². The maximum absolute atomic E-state index is 5.34. The van der Waals surface area contributed by atoms with E-state index in [-0.39, 0.29) is 0 Å². The summed E-state index contributed by atoms with van der Waals surface area (Å²) in [4.78, 5) is 3.14. The largest absolute Gasteiger partial charge is 0.337 e. The minimum Gasteiger partial charge on any atom is -0.337 e. The van der Waals surface area contributed by atoms with Crippen LogP contribution in [0.5, 0.6) is 0 Å². The van der Waals surface area contributed by atoms with Crippen LogP contribution in [0.3, 0.4) is 0 Å². The number of imidazole rings is 1. The molecule has 2 nitrogen and oxygen atoms in total. The van der Waals surface area contributed by atoms with Gasteiger partial charge in [-0.15, -0.1) is 0 Å². The molecule has 2 aromatic rings. The Morgan fingerprint density at radius 3 is 3.00 bits per heavy atom. The second kappa shape index (κ2) is 4.15. The number of hydrogen-bond acceptors (Lipinski definition) is 1. The smallest absolute Gasteiger partial charge is 0.177 e. The SMILES string of the molecule is CCc1c[nH]c(=S)n1CC1Cc2ccccc21. The van der Waals surface area contributed by atoms with E-state index in [0.717, 1.165) is 17.7 Å². The standard InChI is InChI=1S/C14H16N2S/c1-2-12-8-15-14(17)16(12)9-11-7-10-5-3-4-6-13(10)11/h3-6,8,11H,2,7,9H2,1H3,(H,15,17). The number of nitrogens with one attached hydrogen (secondary N) is 1. The van der Waals surface area contributed by atoms with Crippen molar-refractivity contribution in [1.29, 1.82) is 0 Å². The lowest BCUT2D eigenvalue weighted by Gasteiger charge is -2.30. The molecular formula is C14H16N2S. The Bertz CT molecular complexity index is 594. The lowest BCUT2D eigenvalue weighted by Crippen LogP contribution is -2.22. The Hall–Kier alpha value is -1.35. The van der Waals surface area contributed by atoms with Gasteiger partial charge in [0.2, 0.25) is 0 Å². The van der Waals surface area contributed by atoms with E-state index in [1.807, 2.05) is 6.20 Å². The van der Waals surface area contributed by atoms with Crippen molar-refractivity contribution in [3.63, 3.8) is 0 Å². The highest BCUT2D eigenvalue weighted by Crippen LogP contribution is 2.36. The molecular weight excluding hydrogens is 228 g/mol. The van der Waals surface area contributed by atoms with Gasteiger partial charge in [-0.2, -0.15) is 0 Å². The fourth-order valence-corrected chi connectivity index (χ4v) is 2.92. The molecule has 1 N–H and O–H groups in total. The number of hydrogen-bond donors (Lipinski definition) is 1. The molecule has 17 heavy (non-hydrogen) atoms. The summed E-state index contributed by atoms with van der Waals surface area (Å²) in [5, 5.41) is 0. The number of aromatic amines is 1. The van der Waals surface area contributed by atoms with Crippen LogP contribution in [0, 0.1) is 4.77 Å². The molecule has 1 unspecified atom stereocenters. The van der Waals surface area contributed by atoms with Gasteiger partial charge in [-0.25, -0.2) is 0 Å². The molecule has 0 saturated carbocycles. The lowest BCUT2D eigenvalue weighted by atomic mass is 9.77. The van der Waals surface area contributed by atoms with Gasteiger partial charge in [0, 0.05) is 24.4 Å². The molecule has 0 amide bonds. The average molecular weight is 244 g/mol. The lowest BCUT2D eigenvalue weighted by molar-refractivity contribution is 0.495. The van der Waals surface area contributed by atoms with Gasteiger partial charge in [0.05, 0.1) is 0 Å². The van der Waals surface area contributed by atoms with Crippen LogP contribution in [-0.2, 0) is 19.4 Å². The molecule has 0 spiro atoms. The van der Waals surface area contributed by atoms with Gasteiger partial charge in [0.25, 0.3) is 0 Å². The van der Waals surface area contributed by atoms with E-state index in [0.29, 0.717) is 5.92 Å². The molecule has 0 fully saturated rings. The quantitative estimate of drug-likeness (QED) is 0.820. The highest BCUT2D eigenvalue weighted by Gasteiger charge is 2.26. The summed E-state index contributed by atoms with van der Waals surface area (Å²) >= 11 is 5.34. The first-order valence-electron chi connectivity index (χ1n) is 6.14. The monoisotopic (exact) mass is 244 g/mol. The van der Waals surface area contributed by atoms with Crippen molar-refractivity contribution in [3.05, 3.63) is 52.1 Å². The third kappa shape index (κ3) is 1.75. The van der Waals surface area contributed by atoms with Gasteiger partial charge in [-0.05, 0) is 36.2 Å². The van der Waals surface area contributed by atoms with Gasteiger partial charge in [0.1, 0.15) is 0 Å². The maximum Gasteiger partial charge on any atom is 0.177 e.